The van der Waals surface area contributed by atoms with Crippen molar-refractivity contribution in [2.75, 3.05) is 39.4 Å². The monoisotopic (exact) mass is 424 g/mol. The van der Waals surface area contributed by atoms with Gasteiger partial charge in [-0.2, -0.15) is 0 Å². The van der Waals surface area contributed by atoms with Crippen LogP contribution in [0.25, 0.3) is 0 Å². The average Bonchev–Trinajstić information content (AvgIpc) is 2.42. The number of hydrogen-bond donors (Lipinski definition) is 3. The fourth-order valence-corrected chi connectivity index (χ4v) is 2.87. The van der Waals surface area contributed by atoms with Gasteiger partial charge in [0.25, 0.3) is 0 Å². The van der Waals surface area contributed by atoms with Gasteiger partial charge in [-0.3, -0.25) is 4.90 Å². The molecule has 1 fully saturated rings. The number of hydrogen-bond acceptors (Lipinski definition) is 5. The van der Waals surface area contributed by atoms with E-state index >= 15 is 0 Å². The van der Waals surface area contributed by atoms with Gasteiger partial charge in [-0.1, -0.05) is 0 Å². The quantitative estimate of drug-likeness (QED) is 0.630. The van der Waals surface area contributed by atoms with Crippen LogP contribution in [-0.2, 0) is 11.2 Å². The zero-order valence-electron chi connectivity index (χ0n) is 11.7. The van der Waals surface area contributed by atoms with Gasteiger partial charge in [-0.05, 0) is 36.2 Å². The second kappa shape index (κ2) is 8.33. The van der Waals surface area contributed by atoms with Crippen LogP contribution in [0.5, 0.6) is 11.5 Å². The maximum atomic E-state index is 9.69. The Labute approximate surface area is 145 Å². The minimum Gasteiger partial charge on any atom is -0.504 e. The lowest BCUT2D eigenvalue weighted by Crippen LogP contribution is -2.43. The van der Waals surface area contributed by atoms with Gasteiger partial charge in [-0.15, -0.1) is 34.0 Å². The Bertz CT molecular complexity index is 468. The van der Waals surface area contributed by atoms with Gasteiger partial charge < -0.3 is 20.3 Å². The number of phenols is 2. The Morgan fingerprint density at radius 2 is 1.81 bits per heavy atom. The molecule has 2 heterocycles. The van der Waals surface area contributed by atoms with Gasteiger partial charge >= 0.3 is 0 Å². The van der Waals surface area contributed by atoms with E-state index < -0.39 is 0 Å². The summed E-state index contributed by atoms with van der Waals surface area (Å²) >= 11 is 0. The van der Waals surface area contributed by atoms with E-state index in [0.29, 0.717) is 0 Å². The molecule has 0 spiro atoms. The largest absolute Gasteiger partial charge is 0.504 e. The zero-order valence-corrected chi connectivity index (χ0v) is 15.2. The Morgan fingerprint density at radius 3 is 2.52 bits per heavy atom. The molecular weight excluding hydrogens is 404 g/mol. The minimum absolute atomic E-state index is 0. The Balaban J connectivity index is 0.00000110. The molecule has 21 heavy (non-hydrogen) atoms. The van der Waals surface area contributed by atoms with Gasteiger partial charge in [0.15, 0.2) is 11.5 Å². The predicted octanol–water partition coefficient (Wildman–Crippen LogP) is 1.77. The molecule has 1 unspecified atom stereocenters. The molecule has 0 amide bonds. The Kier molecular flexibility index (Phi) is 7.42. The highest BCUT2D eigenvalue weighted by molar-refractivity contribution is 8.93. The second-order valence-electron chi connectivity index (χ2n) is 5.21. The van der Waals surface area contributed by atoms with Crippen LogP contribution in [0.2, 0.25) is 0 Å². The molecule has 0 radical (unpaired) electrons. The summed E-state index contributed by atoms with van der Waals surface area (Å²) in [7, 11) is 0. The highest BCUT2D eigenvalue weighted by atomic mass is 79.9. The third-order valence-corrected chi connectivity index (χ3v) is 3.94. The number of halogens is 2. The summed E-state index contributed by atoms with van der Waals surface area (Å²) in [4.78, 5) is 2.38. The topological polar surface area (TPSA) is 65.0 Å². The van der Waals surface area contributed by atoms with Crippen molar-refractivity contribution in [2.45, 2.75) is 12.5 Å². The fourth-order valence-electron chi connectivity index (χ4n) is 2.87. The molecular formula is C14H22Br2N2O3. The van der Waals surface area contributed by atoms with Gasteiger partial charge in [0, 0.05) is 25.7 Å². The summed E-state index contributed by atoms with van der Waals surface area (Å²) in [6, 6.07) is 3.60. The summed E-state index contributed by atoms with van der Waals surface area (Å²) in [5.74, 6) is -0.0554. The molecule has 1 aromatic carbocycles. The number of ether oxygens (including phenoxy) is 1. The van der Waals surface area contributed by atoms with E-state index in [4.69, 9.17) is 4.74 Å². The third-order valence-electron chi connectivity index (χ3n) is 3.94. The van der Waals surface area contributed by atoms with Crippen molar-refractivity contribution in [2.24, 2.45) is 0 Å². The number of phenolic OH excluding ortho intramolecular Hbond substituents is 2. The molecule has 3 rings (SSSR count). The zero-order chi connectivity index (χ0) is 13.2. The van der Waals surface area contributed by atoms with Gasteiger partial charge in [0.2, 0.25) is 0 Å². The second-order valence-corrected chi connectivity index (χ2v) is 5.21. The summed E-state index contributed by atoms with van der Waals surface area (Å²) < 4.78 is 5.36. The first kappa shape index (κ1) is 18.7. The molecule has 1 atom stereocenters. The van der Waals surface area contributed by atoms with Crippen LogP contribution >= 0.6 is 34.0 Å². The third kappa shape index (κ3) is 4.32. The SMILES string of the molecule is Br.Br.Oc1cc2c(cc1O)C(CN1CCOCC1)NCC2. The maximum Gasteiger partial charge on any atom is 0.157 e. The van der Waals surface area contributed by atoms with E-state index in [2.05, 4.69) is 10.2 Å². The minimum atomic E-state index is -0.0329. The first-order valence-corrected chi connectivity index (χ1v) is 6.82. The number of aromatic hydroxyl groups is 2. The molecule has 5 nitrogen and oxygen atoms in total. The van der Waals surface area contributed by atoms with Crippen LogP contribution in [0, 0.1) is 0 Å². The number of nitrogens with zero attached hydrogens (tertiary/aromatic N) is 1. The molecule has 1 saturated heterocycles. The maximum absolute atomic E-state index is 9.69. The molecule has 2 aliphatic heterocycles. The molecule has 2 aliphatic rings. The van der Waals surface area contributed by atoms with Gasteiger partial charge in [-0.25, -0.2) is 0 Å². The average molecular weight is 426 g/mol. The van der Waals surface area contributed by atoms with Crippen molar-refractivity contribution >= 4 is 34.0 Å². The van der Waals surface area contributed by atoms with Gasteiger partial charge in [0.1, 0.15) is 0 Å². The smallest absolute Gasteiger partial charge is 0.157 e. The molecule has 7 heteroatoms. The summed E-state index contributed by atoms with van der Waals surface area (Å²) in [5, 5.41) is 22.8. The van der Waals surface area contributed by atoms with E-state index in [1.54, 1.807) is 12.1 Å². The lowest BCUT2D eigenvalue weighted by molar-refractivity contribution is 0.0331. The van der Waals surface area contributed by atoms with Crippen molar-refractivity contribution in [1.29, 1.82) is 0 Å². The van der Waals surface area contributed by atoms with Crippen molar-refractivity contribution in [3.05, 3.63) is 23.3 Å². The first-order valence-electron chi connectivity index (χ1n) is 6.82. The molecule has 3 N–H and O–H groups in total. The van der Waals surface area contributed by atoms with Crippen LogP contribution in [0.15, 0.2) is 12.1 Å². The molecule has 1 aromatic rings. The number of benzene rings is 1. The van der Waals surface area contributed by atoms with Crippen LogP contribution in [0.3, 0.4) is 0 Å². The summed E-state index contributed by atoms with van der Waals surface area (Å²) in [5.41, 5.74) is 2.24. The predicted molar refractivity (Wildman–Crippen MR) is 92.1 cm³/mol. The highest BCUT2D eigenvalue weighted by Gasteiger charge is 2.24. The lowest BCUT2D eigenvalue weighted by atomic mass is 9.93. The van der Waals surface area contributed by atoms with Crippen LogP contribution in [0.4, 0.5) is 0 Å². The number of nitrogens with one attached hydrogen (secondary N) is 1. The number of rotatable bonds is 2. The summed E-state index contributed by atoms with van der Waals surface area (Å²) in [6.45, 7) is 5.32. The molecule has 0 aliphatic carbocycles. The van der Waals surface area contributed by atoms with Crippen LogP contribution < -0.4 is 5.32 Å². The lowest BCUT2D eigenvalue weighted by Gasteiger charge is -2.34. The fraction of sp³-hybridized carbons (Fsp3) is 0.571. The van der Waals surface area contributed by atoms with E-state index in [9.17, 15) is 10.2 Å². The van der Waals surface area contributed by atoms with Gasteiger partial charge in [0.05, 0.1) is 13.2 Å². The molecule has 0 aromatic heterocycles. The highest BCUT2D eigenvalue weighted by Crippen LogP contribution is 2.33. The van der Waals surface area contributed by atoms with Crippen molar-refractivity contribution in [1.82, 2.24) is 10.2 Å². The molecule has 0 bridgehead atoms. The van der Waals surface area contributed by atoms with Crippen LogP contribution in [0.1, 0.15) is 17.2 Å². The van der Waals surface area contributed by atoms with E-state index in [1.165, 1.54) is 0 Å². The standard InChI is InChI=1S/C14H20N2O3.2BrH/c17-13-7-10-1-2-15-12(11(10)8-14(13)18)9-16-3-5-19-6-4-16;;/h7-8,12,15,17-18H,1-6,9H2;2*1H. The molecule has 120 valence electrons. The normalized spacial score (nSPS) is 21.8. The summed E-state index contributed by atoms with van der Waals surface area (Å²) in [6.07, 6.45) is 0.892. The molecule has 0 saturated carbocycles. The van der Waals surface area contributed by atoms with Crippen molar-refractivity contribution in [3.63, 3.8) is 0 Å². The van der Waals surface area contributed by atoms with Crippen LogP contribution in [-0.4, -0.2) is 54.5 Å². The first-order chi connectivity index (χ1) is 9.24. The van der Waals surface area contributed by atoms with Crippen molar-refractivity contribution < 1.29 is 14.9 Å². The number of morpholine rings is 1. The number of fused-ring (bicyclic) bond motifs is 1. The Hall–Kier alpha value is -0.340. The van der Waals surface area contributed by atoms with E-state index in [-0.39, 0.29) is 51.5 Å². The van der Waals surface area contributed by atoms with E-state index in [1.807, 2.05) is 0 Å². The van der Waals surface area contributed by atoms with Crippen molar-refractivity contribution in [3.8, 4) is 11.5 Å². The Morgan fingerprint density at radius 1 is 1.14 bits per heavy atom. The van der Waals surface area contributed by atoms with E-state index in [0.717, 1.165) is 56.9 Å².